The SMILES string of the molecule is CCCCc1c(-c2ccc(-c3ccccc3)cc2)c(C(N)=O)c(C)n1CCCOCC. The number of nitrogens with zero attached hydrogens (tertiary/aromatic N) is 1. The van der Waals surface area contributed by atoms with Crippen LogP contribution < -0.4 is 5.73 Å². The number of nitrogens with two attached hydrogens (primary N) is 1. The van der Waals surface area contributed by atoms with E-state index in [1.807, 2.05) is 32.0 Å². The highest BCUT2D eigenvalue weighted by Crippen LogP contribution is 2.35. The van der Waals surface area contributed by atoms with Crippen molar-refractivity contribution in [1.29, 1.82) is 0 Å². The first kappa shape index (κ1) is 22.8. The lowest BCUT2D eigenvalue weighted by Gasteiger charge is -2.13. The Kier molecular flexibility index (Phi) is 8.07. The van der Waals surface area contributed by atoms with Crippen molar-refractivity contribution in [2.24, 2.45) is 5.73 Å². The standard InChI is InChI=1S/C27H34N2O2/c1-4-6-13-24-26(23-16-14-22(15-17-23)21-11-8-7-9-12-21)25(27(28)30)20(3)29(24)18-10-19-31-5-2/h7-9,11-12,14-17H,4-6,10,13,18-19H2,1-3H3,(H2,28,30). The third kappa shape index (κ3) is 5.26. The second-order valence-corrected chi connectivity index (χ2v) is 7.90. The quantitative estimate of drug-likeness (QED) is 0.388. The molecule has 4 heteroatoms. The Balaban J connectivity index is 2.05. The summed E-state index contributed by atoms with van der Waals surface area (Å²) in [5.74, 6) is -0.360. The number of hydrogen-bond acceptors (Lipinski definition) is 2. The van der Waals surface area contributed by atoms with Gasteiger partial charge in [-0.1, -0.05) is 67.9 Å². The number of rotatable bonds is 11. The van der Waals surface area contributed by atoms with Gasteiger partial charge in [-0.2, -0.15) is 0 Å². The largest absolute Gasteiger partial charge is 0.382 e. The number of hydrogen-bond donors (Lipinski definition) is 1. The van der Waals surface area contributed by atoms with E-state index in [4.69, 9.17) is 10.5 Å². The average molecular weight is 419 g/mol. The third-order valence-electron chi connectivity index (χ3n) is 5.80. The summed E-state index contributed by atoms with van der Waals surface area (Å²) in [6.45, 7) is 8.48. The van der Waals surface area contributed by atoms with Crippen molar-refractivity contribution in [3.8, 4) is 22.3 Å². The van der Waals surface area contributed by atoms with E-state index < -0.39 is 0 Å². The zero-order chi connectivity index (χ0) is 22.2. The van der Waals surface area contributed by atoms with E-state index in [1.165, 1.54) is 11.3 Å². The van der Waals surface area contributed by atoms with Gasteiger partial charge in [0.15, 0.2) is 0 Å². The molecule has 0 unspecified atom stereocenters. The molecular weight excluding hydrogens is 384 g/mol. The van der Waals surface area contributed by atoms with Gasteiger partial charge < -0.3 is 15.0 Å². The topological polar surface area (TPSA) is 57.2 Å². The van der Waals surface area contributed by atoms with Crippen LogP contribution in [0.5, 0.6) is 0 Å². The molecule has 0 fully saturated rings. The van der Waals surface area contributed by atoms with Crippen molar-refractivity contribution in [2.75, 3.05) is 13.2 Å². The Morgan fingerprint density at radius 3 is 2.19 bits per heavy atom. The lowest BCUT2D eigenvalue weighted by atomic mass is 9.95. The van der Waals surface area contributed by atoms with E-state index in [1.54, 1.807) is 0 Å². The van der Waals surface area contributed by atoms with Crippen LogP contribution in [0, 0.1) is 6.92 Å². The smallest absolute Gasteiger partial charge is 0.251 e. The molecule has 164 valence electrons. The zero-order valence-electron chi connectivity index (χ0n) is 19.0. The molecule has 1 heterocycles. The second-order valence-electron chi connectivity index (χ2n) is 7.90. The highest BCUT2D eigenvalue weighted by Gasteiger charge is 2.24. The van der Waals surface area contributed by atoms with Crippen molar-refractivity contribution in [1.82, 2.24) is 4.57 Å². The minimum absolute atomic E-state index is 0.360. The molecule has 31 heavy (non-hydrogen) atoms. The predicted molar refractivity (Wildman–Crippen MR) is 128 cm³/mol. The molecule has 0 saturated carbocycles. The summed E-state index contributed by atoms with van der Waals surface area (Å²) in [5, 5.41) is 0. The van der Waals surface area contributed by atoms with Crippen LogP contribution in [-0.2, 0) is 17.7 Å². The Hall–Kier alpha value is -2.85. The molecule has 0 spiro atoms. The van der Waals surface area contributed by atoms with E-state index in [-0.39, 0.29) is 5.91 Å². The number of aromatic nitrogens is 1. The molecule has 3 aromatic rings. The molecule has 0 aliphatic rings. The van der Waals surface area contributed by atoms with E-state index in [0.717, 1.165) is 61.2 Å². The number of amides is 1. The molecule has 0 aliphatic heterocycles. The fourth-order valence-corrected chi connectivity index (χ4v) is 4.25. The van der Waals surface area contributed by atoms with Gasteiger partial charge in [-0.3, -0.25) is 4.79 Å². The number of carbonyl (C=O) groups excluding carboxylic acids is 1. The highest BCUT2D eigenvalue weighted by molar-refractivity contribution is 6.02. The second kappa shape index (κ2) is 11.0. The van der Waals surface area contributed by atoms with E-state index >= 15 is 0 Å². The molecule has 4 nitrogen and oxygen atoms in total. The summed E-state index contributed by atoms with van der Waals surface area (Å²) in [5.41, 5.74) is 13.1. The highest BCUT2D eigenvalue weighted by atomic mass is 16.5. The first-order valence-electron chi connectivity index (χ1n) is 11.3. The van der Waals surface area contributed by atoms with Crippen LogP contribution in [0.1, 0.15) is 54.9 Å². The van der Waals surface area contributed by atoms with Gasteiger partial charge >= 0.3 is 0 Å². The lowest BCUT2D eigenvalue weighted by Crippen LogP contribution is -2.13. The first-order chi connectivity index (χ1) is 15.1. The molecule has 0 atom stereocenters. The number of ether oxygens (including phenoxy) is 1. The number of carbonyl (C=O) groups is 1. The zero-order valence-corrected chi connectivity index (χ0v) is 19.0. The van der Waals surface area contributed by atoms with Gasteiger partial charge in [0.25, 0.3) is 5.91 Å². The lowest BCUT2D eigenvalue weighted by molar-refractivity contribution is 0.1000. The van der Waals surface area contributed by atoms with Crippen molar-refractivity contribution < 1.29 is 9.53 Å². The summed E-state index contributed by atoms with van der Waals surface area (Å²) in [6.07, 6.45) is 4.01. The maximum atomic E-state index is 12.5. The maximum Gasteiger partial charge on any atom is 0.251 e. The Morgan fingerprint density at radius 2 is 1.58 bits per heavy atom. The van der Waals surface area contributed by atoms with Gasteiger partial charge in [-0.15, -0.1) is 0 Å². The van der Waals surface area contributed by atoms with Crippen LogP contribution in [0.25, 0.3) is 22.3 Å². The Bertz CT molecular complexity index is 988. The molecule has 0 bridgehead atoms. The monoisotopic (exact) mass is 418 g/mol. The fraction of sp³-hybridized carbons (Fsp3) is 0.370. The normalized spacial score (nSPS) is 11.1. The summed E-state index contributed by atoms with van der Waals surface area (Å²) < 4.78 is 7.82. The molecule has 2 aromatic carbocycles. The molecule has 1 aromatic heterocycles. The van der Waals surface area contributed by atoms with E-state index in [0.29, 0.717) is 12.2 Å². The van der Waals surface area contributed by atoms with Crippen LogP contribution in [0.15, 0.2) is 54.6 Å². The summed E-state index contributed by atoms with van der Waals surface area (Å²) in [4.78, 5) is 12.5. The van der Waals surface area contributed by atoms with Crippen LogP contribution in [0.4, 0.5) is 0 Å². The first-order valence-corrected chi connectivity index (χ1v) is 11.3. The van der Waals surface area contributed by atoms with Gasteiger partial charge in [-0.05, 0) is 49.8 Å². The van der Waals surface area contributed by atoms with Crippen molar-refractivity contribution in [3.05, 3.63) is 71.5 Å². The van der Waals surface area contributed by atoms with Gasteiger partial charge in [0, 0.05) is 36.7 Å². The number of benzene rings is 2. The van der Waals surface area contributed by atoms with Gasteiger partial charge in [0.05, 0.1) is 5.56 Å². The van der Waals surface area contributed by atoms with Crippen molar-refractivity contribution in [3.63, 3.8) is 0 Å². The molecule has 0 saturated heterocycles. The van der Waals surface area contributed by atoms with Crippen molar-refractivity contribution in [2.45, 2.75) is 53.0 Å². The summed E-state index contributed by atoms with van der Waals surface area (Å²) in [6, 6.07) is 18.8. The minimum Gasteiger partial charge on any atom is -0.382 e. The third-order valence-corrected chi connectivity index (χ3v) is 5.80. The summed E-state index contributed by atoms with van der Waals surface area (Å²) >= 11 is 0. The summed E-state index contributed by atoms with van der Waals surface area (Å²) in [7, 11) is 0. The molecule has 0 aliphatic carbocycles. The van der Waals surface area contributed by atoms with Crippen LogP contribution in [0.3, 0.4) is 0 Å². The van der Waals surface area contributed by atoms with E-state index in [9.17, 15) is 4.79 Å². The van der Waals surface area contributed by atoms with Crippen LogP contribution in [0.2, 0.25) is 0 Å². The van der Waals surface area contributed by atoms with Gasteiger partial charge in [0.2, 0.25) is 0 Å². The molecular formula is C27H34N2O2. The maximum absolute atomic E-state index is 12.5. The van der Waals surface area contributed by atoms with Crippen LogP contribution in [-0.4, -0.2) is 23.7 Å². The number of unbranched alkanes of at least 4 members (excludes halogenated alkanes) is 1. The minimum atomic E-state index is -0.360. The Morgan fingerprint density at radius 1 is 0.935 bits per heavy atom. The molecule has 1 amide bonds. The number of primary amides is 1. The van der Waals surface area contributed by atoms with Gasteiger partial charge in [0.1, 0.15) is 0 Å². The van der Waals surface area contributed by atoms with Crippen molar-refractivity contribution >= 4 is 5.91 Å². The average Bonchev–Trinajstić information content (AvgIpc) is 3.07. The predicted octanol–water partition coefficient (Wildman–Crippen LogP) is 6.00. The van der Waals surface area contributed by atoms with E-state index in [2.05, 4.69) is 47.9 Å². The Labute approximate surface area is 186 Å². The fourth-order valence-electron chi connectivity index (χ4n) is 4.25. The van der Waals surface area contributed by atoms with Crippen LogP contribution >= 0.6 is 0 Å². The molecule has 0 radical (unpaired) electrons. The van der Waals surface area contributed by atoms with Gasteiger partial charge in [-0.25, -0.2) is 0 Å². The molecule has 2 N–H and O–H groups in total. The molecule has 3 rings (SSSR count).